The summed E-state index contributed by atoms with van der Waals surface area (Å²) < 4.78 is 0. The van der Waals surface area contributed by atoms with Gasteiger partial charge in [0.25, 0.3) is 0 Å². The Balaban J connectivity index is 3.85. The molecular weight excluding hydrogens is 152 g/mol. The van der Waals surface area contributed by atoms with Crippen molar-refractivity contribution in [2.75, 3.05) is 5.75 Å². The molecule has 0 aliphatic rings. The lowest BCUT2D eigenvalue weighted by atomic mass is 9.92. The Kier molecular flexibility index (Phi) is 3.66. The van der Waals surface area contributed by atoms with E-state index >= 15 is 0 Å². The van der Waals surface area contributed by atoms with Gasteiger partial charge in [0.2, 0.25) is 0 Å². The molecule has 0 fully saturated rings. The van der Waals surface area contributed by atoms with Crippen LogP contribution in [0.4, 0.5) is 0 Å². The normalized spacial score (nSPS) is 11.6. The minimum atomic E-state index is -0.301. The molecule has 0 heterocycles. The number of rotatable bonds is 3. The molecule has 54 valence electrons. The van der Waals surface area contributed by atoms with Gasteiger partial charge in [0.05, 0.1) is 0 Å². The fraction of sp³-hybridized carbons (Fsp3) is 0.833. The molecule has 0 radical (unpaired) electrons. The first-order valence-corrected chi connectivity index (χ1v) is 3.93. The van der Waals surface area contributed by atoms with E-state index in [9.17, 15) is 4.79 Å². The summed E-state index contributed by atoms with van der Waals surface area (Å²) in [7, 11) is 0. The third kappa shape index (κ3) is 3.16. The van der Waals surface area contributed by atoms with E-state index in [1.54, 1.807) is 0 Å². The summed E-state index contributed by atoms with van der Waals surface area (Å²) in [5.74, 6) is 0.735. The monoisotopic (exact) mass is 164 g/mol. The number of carbonyl (C=O) groups excluding carboxylic acids is 1. The maximum Gasteiger partial charge on any atom is 0.191 e. The van der Waals surface area contributed by atoms with E-state index in [4.69, 9.17) is 0 Å². The van der Waals surface area contributed by atoms with Crippen LogP contribution in [0, 0.1) is 5.41 Å². The van der Waals surface area contributed by atoms with E-state index in [1.165, 1.54) is 0 Å². The molecule has 0 unspecified atom stereocenters. The summed E-state index contributed by atoms with van der Waals surface area (Å²) in [5, 5.41) is -0.0587. The van der Waals surface area contributed by atoms with Crippen LogP contribution in [0.25, 0.3) is 0 Å². The van der Waals surface area contributed by atoms with Crippen LogP contribution in [-0.4, -0.2) is 10.9 Å². The predicted octanol–water partition coefficient (Wildman–Crippen LogP) is 1.79. The van der Waals surface area contributed by atoms with Crippen molar-refractivity contribution in [1.82, 2.24) is 0 Å². The lowest BCUT2D eigenvalue weighted by Gasteiger charge is -2.17. The molecule has 0 spiro atoms. The van der Waals surface area contributed by atoms with Crippen molar-refractivity contribution in [1.29, 1.82) is 0 Å². The predicted molar refractivity (Wildman–Crippen MR) is 46.2 cm³/mol. The molecule has 0 amide bonds. The zero-order chi connectivity index (χ0) is 7.49. The van der Waals surface area contributed by atoms with Gasteiger partial charge >= 0.3 is 0 Å². The first-order chi connectivity index (χ1) is 4.00. The SMILES string of the molecule is CC(C)(CCS)C(=O)S. The highest BCUT2D eigenvalue weighted by Gasteiger charge is 2.22. The maximum absolute atomic E-state index is 10.7. The second kappa shape index (κ2) is 3.52. The molecule has 3 heteroatoms. The minimum absolute atomic E-state index is 0.0587. The molecule has 0 aromatic carbocycles. The molecule has 0 saturated heterocycles. The molecule has 0 atom stereocenters. The average Bonchev–Trinajstić information content (AvgIpc) is 1.65. The number of thiol groups is 2. The standard InChI is InChI=1S/C6H12OS2/c1-6(2,3-4-8)5(7)9/h8H,3-4H2,1-2H3,(H,7,9). The minimum Gasteiger partial charge on any atom is -0.287 e. The van der Waals surface area contributed by atoms with E-state index in [2.05, 4.69) is 25.3 Å². The highest BCUT2D eigenvalue weighted by atomic mass is 32.1. The summed E-state index contributed by atoms with van der Waals surface area (Å²) in [6.07, 6.45) is 0.790. The van der Waals surface area contributed by atoms with Crippen LogP contribution in [0.15, 0.2) is 0 Å². The van der Waals surface area contributed by atoms with Gasteiger partial charge < -0.3 is 0 Å². The van der Waals surface area contributed by atoms with Crippen LogP contribution >= 0.6 is 25.3 Å². The lowest BCUT2D eigenvalue weighted by Crippen LogP contribution is -2.19. The Bertz CT molecular complexity index is 110. The second-order valence-corrected chi connectivity index (χ2v) is 3.52. The number of hydrogen-bond acceptors (Lipinski definition) is 2. The van der Waals surface area contributed by atoms with Gasteiger partial charge in [0.1, 0.15) is 0 Å². The number of hydrogen-bond donors (Lipinski definition) is 2. The van der Waals surface area contributed by atoms with Crippen LogP contribution in [0.2, 0.25) is 0 Å². The van der Waals surface area contributed by atoms with Gasteiger partial charge in [-0.05, 0) is 12.2 Å². The van der Waals surface area contributed by atoms with Crippen molar-refractivity contribution >= 4 is 30.4 Å². The third-order valence-corrected chi connectivity index (χ3v) is 2.14. The van der Waals surface area contributed by atoms with Crippen molar-refractivity contribution in [2.45, 2.75) is 20.3 Å². The lowest BCUT2D eigenvalue weighted by molar-refractivity contribution is -0.118. The van der Waals surface area contributed by atoms with Crippen molar-refractivity contribution in [2.24, 2.45) is 5.41 Å². The van der Waals surface area contributed by atoms with E-state index in [0.29, 0.717) is 0 Å². The fourth-order valence-corrected chi connectivity index (χ4v) is 1.06. The van der Waals surface area contributed by atoms with Gasteiger partial charge in [-0.25, -0.2) is 0 Å². The summed E-state index contributed by atoms with van der Waals surface area (Å²) in [6, 6.07) is 0. The Morgan fingerprint density at radius 1 is 1.56 bits per heavy atom. The quantitative estimate of drug-likeness (QED) is 0.608. The van der Waals surface area contributed by atoms with Gasteiger partial charge in [-0.1, -0.05) is 13.8 Å². The van der Waals surface area contributed by atoms with E-state index in [1.807, 2.05) is 13.8 Å². The summed E-state index contributed by atoms with van der Waals surface area (Å²) in [5.41, 5.74) is -0.301. The number of carbonyl (C=O) groups is 1. The molecular formula is C6H12OS2. The Morgan fingerprint density at radius 3 is 2.11 bits per heavy atom. The van der Waals surface area contributed by atoms with Gasteiger partial charge in [-0.15, -0.1) is 12.6 Å². The van der Waals surface area contributed by atoms with Crippen LogP contribution in [0.1, 0.15) is 20.3 Å². The van der Waals surface area contributed by atoms with Gasteiger partial charge in [0.15, 0.2) is 5.12 Å². The molecule has 0 bridgehead atoms. The molecule has 0 aliphatic heterocycles. The molecule has 0 rings (SSSR count). The van der Waals surface area contributed by atoms with Crippen LogP contribution in [0.5, 0.6) is 0 Å². The van der Waals surface area contributed by atoms with Crippen molar-refractivity contribution in [3.8, 4) is 0 Å². The van der Waals surface area contributed by atoms with E-state index in [0.717, 1.165) is 12.2 Å². The zero-order valence-electron chi connectivity index (χ0n) is 5.72. The Labute approximate surface area is 67.0 Å². The molecule has 1 nitrogen and oxygen atoms in total. The average molecular weight is 164 g/mol. The highest BCUT2D eigenvalue weighted by molar-refractivity contribution is 7.96. The van der Waals surface area contributed by atoms with Crippen LogP contribution in [-0.2, 0) is 4.79 Å². The van der Waals surface area contributed by atoms with Gasteiger partial charge in [-0.3, -0.25) is 4.79 Å². The molecule has 9 heavy (non-hydrogen) atoms. The van der Waals surface area contributed by atoms with Crippen molar-refractivity contribution in [3.63, 3.8) is 0 Å². The Morgan fingerprint density at radius 2 is 2.00 bits per heavy atom. The van der Waals surface area contributed by atoms with Crippen LogP contribution in [0.3, 0.4) is 0 Å². The van der Waals surface area contributed by atoms with Gasteiger partial charge in [0, 0.05) is 5.41 Å². The Hall–Kier alpha value is 0.370. The van der Waals surface area contributed by atoms with Gasteiger partial charge in [-0.2, -0.15) is 12.6 Å². The summed E-state index contributed by atoms with van der Waals surface area (Å²) in [6.45, 7) is 3.75. The van der Waals surface area contributed by atoms with Crippen molar-refractivity contribution < 1.29 is 4.79 Å². The molecule has 0 N–H and O–H groups in total. The summed E-state index contributed by atoms with van der Waals surface area (Å²) in [4.78, 5) is 10.7. The largest absolute Gasteiger partial charge is 0.287 e. The van der Waals surface area contributed by atoms with Crippen LogP contribution < -0.4 is 0 Å². The van der Waals surface area contributed by atoms with E-state index in [-0.39, 0.29) is 10.5 Å². The fourth-order valence-electron chi connectivity index (χ4n) is 0.386. The highest BCUT2D eigenvalue weighted by Crippen LogP contribution is 2.23. The molecule has 0 aliphatic carbocycles. The molecule has 0 aromatic rings. The molecule has 0 saturated carbocycles. The smallest absolute Gasteiger partial charge is 0.191 e. The molecule has 0 aromatic heterocycles. The maximum atomic E-state index is 10.7. The zero-order valence-corrected chi connectivity index (χ0v) is 7.51. The second-order valence-electron chi connectivity index (χ2n) is 2.66. The van der Waals surface area contributed by atoms with E-state index < -0.39 is 0 Å². The summed E-state index contributed by atoms with van der Waals surface area (Å²) >= 11 is 7.76. The first-order valence-electron chi connectivity index (χ1n) is 2.85. The first kappa shape index (κ1) is 9.37. The third-order valence-electron chi connectivity index (χ3n) is 1.32. The van der Waals surface area contributed by atoms with Crippen molar-refractivity contribution in [3.05, 3.63) is 0 Å². The topological polar surface area (TPSA) is 17.1 Å².